The summed E-state index contributed by atoms with van der Waals surface area (Å²) in [4.78, 5) is 26.9. The Morgan fingerprint density at radius 1 is 1.35 bits per heavy atom. The fraction of sp³-hybridized carbons (Fsp3) is 0.294. The van der Waals surface area contributed by atoms with Crippen molar-refractivity contribution in [3.05, 3.63) is 56.5 Å². The number of pyridine rings is 1. The molecule has 9 heteroatoms. The van der Waals surface area contributed by atoms with Gasteiger partial charge in [0.25, 0.3) is 5.56 Å². The molecule has 2 aromatic rings. The number of H-pyrrole nitrogens is 1. The van der Waals surface area contributed by atoms with Crippen molar-refractivity contribution in [2.45, 2.75) is 35.4 Å². The molecule has 2 rings (SSSR count). The molecular formula is C17H15Cl2F2NO3S. The minimum absolute atomic E-state index is 0.00896. The minimum Gasteiger partial charge on any atom is -0.462 e. The number of benzene rings is 1. The van der Waals surface area contributed by atoms with Gasteiger partial charge in [0.05, 0.1) is 11.6 Å². The SMILES string of the molecule is CCOC(=O)c1c(Sc2c(Cl)cccc2CC)cc(C(F)(F)Cl)[nH]c1=O. The smallest absolute Gasteiger partial charge is 0.362 e. The molecule has 0 bridgehead atoms. The predicted molar refractivity (Wildman–Crippen MR) is 97.7 cm³/mol. The summed E-state index contributed by atoms with van der Waals surface area (Å²) in [5, 5.41) is -3.42. The van der Waals surface area contributed by atoms with Crippen LogP contribution in [0.4, 0.5) is 8.78 Å². The Labute approximate surface area is 162 Å². The number of esters is 1. The monoisotopic (exact) mass is 421 g/mol. The van der Waals surface area contributed by atoms with E-state index in [1.165, 1.54) is 0 Å². The third kappa shape index (κ3) is 4.58. The van der Waals surface area contributed by atoms with Crippen molar-refractivity contribution in [3.63, 3.8) is 0 Å². The molecular weight excluding hydrogens is 407 g/mol. The lowest BCUT2D eigenvalue weighted by Crippen LogP contribution is -2.24. The highest BCUT2D eigenvalue weighted by Gasteiger charge is 2.32. The van der Waals surface area contributed by atoms with Crippen LogP contribution in [0.3, 0.4) is 0 Å². The Morgan fingerprint density at radius 2 is 2.04 bits per heavy atom. The summed E-state index contributed by atoms with van der Waals surface area (Å²) in [5.41, 5.74) is -1.35. The predicted octanol–water partition coefficient (Wildman–Crippen LogP) is 5.21. The number of aromatic nitrogens is 1. The molecule has 0 radical (unpaired) electrons. The lowest BCUT2D eigenvalue weighted by Gasteiger charge is -2.15. The van der Waals surface area contributed by atoms with Gasteiger partial charge in [0.15, 0.2) is 0 Å². The maximum absolute atomic E-state index is 13.5. The standard InChI is InChI=1S/C17H15Cl2F2NO3S/c1-3-9-6-5-7-10(18)14(9)26-11-8-12(17(19,20)21)22-15(23)13(11)16(24)25-4-2/h5-8H,3-4H2,1-2H3,(H,22,23). The molecule has 4 nitrogen and oxygen atoms in total. The van der Waals surface area contributed by atoms with Gasteiger partial charge in [0, 0.05) is 9.79 Å². The van der Waals surface area contributed by atoms with Crippen molar-refractivity contribution in [2.24, 2.45) is 0 Å². The third-order valence-electron chi connectivity index (χ3n) is 3.42. The number of hydrogen-bond donors (Lipinski definition) is 1. The zero-order valence-corrected chi connectivity index (χ0v) is 16.2. The number of aryl methyl sites for hydroxylation is 1. The molecule has 0 spiro atoms. The van der Waals surface area contributed by atoms with Crippen molar-refractivity contribution < 1.29 is 18.3 Å². The highest BCUT2D eigenvalue weighted by Crippen LogP contribution is 2.39. The molecule has 0 aliphatic rings. The van der Waals surface area contributed by atoms with Crippen LogP contribution in [0.1, 0.15) is 35.5 Å². The number of hydrogen-bond acceptors (Lipinski definition) is 4. The average molecular weight is 422 g/mol. The van der Waals surface area contributed by atoms with Crippen LogP contribution >= 0.6 is 35.0 Å². The summed E-state index contributed by atoms with van der Waals surface area (Å²) in [7, 11) is 0. The van der Waals surface area contributed by atoms with E-state index in [-0.39, 0.29) is 17.1 Å². The van der Waals surface area contributed by atoms with Crippen molar-refractivity contribution in [1.29, 1.82) is 0 Å². The molecule has 1 heterocycles. The van der Waals surface area contributed by atoms with E-state index in [4.69, 9.17) is 27.9 Å². The number of alkyl halides is 3. The maximum Gasteiger partial charge on any atom is 0.362 e. The number of ether oxygens (including phenoxy) is 1. The fourth-order valence-corrected chi connectivity index (χ4v) is 3.82. The molecule has 1 aromatic carbocycles. The van der Waals surface area contributed by atoms with Gasteiger partial charge < -0.3 is 9.72 Å². The average Bonchev–Trinajstić information content (AvgIpc) is 2.55. The largest absolute Gasteiger partial charge is 0.462 e. The fourth-order valence-electron chi connectivity index (χ4n) is 2.22. The number of carbonyl (C=O) groups is 1. The van der Waals surface area contributed by atoms with Crippen molar-refractivity contribution in [1.82, 2.24) is 4.98 Å². The van der Waals surface area contributed by atoms with Gasteiger partial charge >= 0.3 is 11.4 Å². The van der Waals surface area contributed by atoms with Gasteiger partial charge in [-0.2, -0.15) is 8.78 Å². The topological polar surface area (TPSA) is 59.2 Å². The first-order valence-corrected chi connectivity index (χ1v) is 9.23. The Morgan fingerprint density at radius 3 is 2.62 bits per heavy atom. The van der Waals surface area contributed by atoms with Gasteiger partial charge in [-0.3, -0.25) is 4.79 Å². The lowest BCUT2D eigenvalue weighted by atomic mass is 10.2. The second-order valence-electron chi connectivity index (χ2n) is 5.15. The number of carbonyl (C=O) groups excluding carboxylic acids is 1. The summed E-state index contributed by atoms with van der Waals surface area (Å²) >= 11 is 12.2. The molecule has 0 saturated carbocycles. The van der Waals surface area contributed by atoms with E-state index in [0.717, 1.165) is 23.4 Å². The number of aromatic amines is 1. The van der Waals surface area contributed by atoms with Gasteiger partial charge in [-0.1, -0.05) is 42.4 Å². The van der Waals surface area contributed by atoms with Gasteiger partial charge in [-0.25, -0.2) is 4.79 Å². The highest BCUT2D eigenvalue weighted by molar-refractivity contribution is 7.99. The first-order chi connectivity index (χ1) is 12.2. The van der Waals surface area contributed by atoms with Gasteiger partial charge in [-0.15, -0.1) is 0 Å². The summed E-state index contributed by atoms with van der Waals surface area (Å²) in [6, 6.07) is 6.18. The molecule has 1 N–H and O–H groups in total. The molecule has 140 valence electrons. The molecule has 0 saturated heterocycles. The molecule has 26 heavy (non-hydrogen) atoms. The summed E-state index contributed by atoms with van der Waals surface area (Å²) < 4.78 is 31.9. The molecule has 0 atom stereocenters. The Hall–Kier alpha value is -1.57. The third-order valence-corrected chi connectivity index (χ3v) is 5.28. The van der Waals surface area contributed by atoms with Crippen molar-refractivity contribution in [2.75, 3.05) is 6.61 Å². The van der Waals surface area contributed by atoms with Gasteiger partial charge in [0.1, 0.15) is 11.3 Å². The number of nitrogens with one attached hydrogen (secondary N) is 1. The van der Waals surface area contributed by atoms with Crippen LogP contribution in [0.5, 0.6) is 0 Å². The van der Waals surface area contributed by atoms with Crippen molar-refractivity contribution in [3.8, 4) is 0 Å². The highest BCUT2D eigenvalue weighted by atomic mass is 35.5. The van der Waals surface area contributed by atoms with E-state index in [2.05, 4.69) is 0 Å². The zero-order valence-electron chi connectivity index (χ0n) is 13.9. The molecule has 1 aromatic heterocycles. The maximum atomic E-state index is 13.5. The molecule has 0 aliphatic heterocycles. The normalized spacial score (nSPS) is 11.5. The molecule has 0 aliphatic carbocycles. The first-order valence-electron chi connectivity index (χ1n) is 7.65. The number of rotatable bonds is 6. The van der Waals surface area contributed by atoms with Gasteiger partial charge in [-0.05, 0) is 42.6 Å². The number of halogens is 4. The van der Waals surface area contributed by atoms with Crippen molar-refractivity contribution >= 4 is 40.9 Å². The van der Waals surface area contributed by atoms with E-state index >= 15 is 0 Å². The van der Waals surface area contributed by atoms with E-state index < -0.39 is 22.6 Å². The van der Waals surface area contributed by atoms with Crippen LogP contribution in [-0.2, 0) is 16.5 Å². The molecule has 0 fully saturated rings. The quantitative estimate of drug-likeness (QED) is 0.513. The van der Waals surface area contributed by atoms with Crippen LogP contribution in [0.25, 0.3) is 0 Å². The second-order valence-corrected chi connectivity index (χ2v) is 7.09. The Bertz CT molecular complexity index is 881. The Balaban J connectivity index is 2.67. The second kappa shape index (κ2) is 8.41. The van der Waals surface area contributed by atoms with Crippen LogP contribution in [0.2, 0.25) is 5.02 Å². The van der Waals surface area contributed by atoms with Crippen LogP contribution in [0, 0.1) is 0 Å². The molecule has 0 unspecified atom stereocenters. The van der Waals surface area contributed by atoms with Crippen LogP contribution in [0.15, 0.2) is 38.9 Å². The van der Waals surface area contributed by atoms with E-state index in [1.807, 2.05) is 18.0 Å². The van der Waals surface area contributed by atoms with Gasteiger partial charge in [0.2, 0.25) is 0 Å². The minimum atomic E-state index is -3.80. The summed E-state index contributed by atoms with van der Waals surface area (Å²) in [6.07, 6.45) is 0.624. The van der Waals surface area contributed by atoms with E-state index in [0.29, 0.717) is 16.3 Å². The van der Waals surface area contributed by atoms with E-state index in [9.17, 15) is 18.4 Å². The molecule has 0 amide bonds. The summed E-state index contributed by atoms with van der Waals surface area (Å²) in [6.45, 7) is 3.50. The van der Waals surface area contributed by atoms with Crippen LogP contribution < -0.4 is 5.56 Å². The first kappa shape index (κ1) is 20.7. The zero-order chi connectivity index (χ0) is 19.5. The van der Waals surface area contributed by atoms with E-state index in [1.54, 1.807) is 19.1 Å². The summed E-state index contributed by atoms with van der Waals surface area (Å²) in [5.74, 6) is -0.911. The van der Waals surface area contributed by atoms with Crippen LogP contribution in [-0.4, -0.2) is 17.6 Å². The lowest BCUT2D eigenvalue weighted by molar-refractivity contribution is 0.0517. The Kier molecular flexibility index (Phi) is 6.71.